The van der Waals surface area contributed by atoms with Crippen molar-refractivity contribution in [2.75, 3.05) is 7.11 Å². The molecule has 0 aromatic heterocycles. The van der Waals surface area contributed by atoms with E-state index >= 15 is 0 Å². The number of ether oxygens (including phenoxy) is 1. The smallest absolute Gasteiger partial charge is 0.0716 e. The summed E-state index contributed by atoms with van der Waals surface area (Å²) < 4.78 is 5.58. The molecule has 1 nitrogen and oxygen atoms in total. The van der Waals surface area contributed by atoms with Crippen molar-refractivity contribution in [2.45, 2.75) is 37.7 Å². The maximum atomic E-state index is 5.58. The Morgan fingerprint density at radius 1 is 1.45 bits per heavy atom. The van der Waals surface area contributed by atoms with Gasteiger partial charge in [-0.1, -0.05) is 12.2 Å². The Morgan fingerprint density at radius 2 is 2.09 bits per heavy atom. The third-order valence-corrected chi connectivity index (χ3v) is 3.46. The van der Waals surface area contributed by atoms with E-state index in [1.54, 1.807) is 0 Å². The van der Waals surface area contributed by atoms with Crippen LogP contribution in [0.15, 0.2) is 12.2 Å². The monoisotopic (exact) mass is 152 g/mol. The van der Waals surface area contributed by atoms with Gasteiger partial charge in [0.15, 0.2) is 0 Å². The Balaban J connectivity index is 2.18. The highest BCUT2D eigenvalue weighted by molar-refractivity contribution is 5.15. The van der Waals surface area contributed by atoms with E-state index in [0.717, 1.165) is 12.3 Å². The summed E-state index contributed by atoms with van der Waals surface area (Å²) in [7, 11) is 1.85. The summed E-state index contributed by atoms with van der Waals surface area (Å²) >= 11 is 0. The first-order valence-electron chi connectivity index (χ1n) is 4.49. The second-order valence-corrected chi connectivity index (χ2v) is 4.00. The Kier molecular flexibility index (Phi) is 1.57. The van der Waals surface area contributed by atoms with Crippen LogP contribution in [0.2, 0.25) is 0 Å². The van der Waals surface area contributed by atoms with Gasteiger partial charge in [-0.3, -0.25) is 0 Å². The SMILES string of the molecule is C=C1CC2(OC)CCC1CC2. The van der Waals surface area contributed by atoms with Crippen LogP contribution in [-0.4, -0.2) is 12.7 Å². The van der Waals surface area contributed by atoms with E-state index in [1.165, 1.54) is 31.3 Å². The molecule has 0 heterocycles. The Hall–Kier alpha value is -0.300. The summed E-state index contributed by atoms with van der Waals surface area (Å²) in [6, 6.07) is 0. The van der Waals surface area contributed by atoms with Gasteiger partial charge in [-0.05, 0) is 38.0 Å². The first-order valence-corrected chi connectivity index (χ1v) is 4.49. The van der Waals surface area contributed by atoms with E-state index in [2.05, 4.69) is 6.58 Å². The van der Waals surface area contributed by atoms with Crippen LogP contribution in [0.5, 0.6) is 0 Å². The van der Waals surface area contributed by atoms with E-state index < -0.39 is 0 Å². The lowest BCUT2D eigenvalue weighted by Crippen LogP contribution is -2.42. The van der Waals surface area contributed by atoms with Crippen molar-refractivity contribution in [3.63, 3.8) is 0 Å². The van der Waals surface area contributed by atoms with Crippen molar-refractivity contribution < 1.29 is 4.74 Å². The predicted octanol–water partition coefficient (Wildman–Crippen LogP) is 2.52. The van der Waals surface area contributed by atoms with Gasteiger partial charge in [-0.25, -0.2) is 0 Å². The van der Waals surface area contributed by atoms with E-state index in [0.29, 0.717) is 0 Å². The van der Waals surface area contributed by atoms with Crippen LogP contribution < -0.4 is 0 Å². The molecule has 62 valence electrons. The third-order valence-electron chi connectivity index (χ3n) is 3.46. The summed E-state index contributed by atoms with van der Waals surface area (Å²) in [6.07, 6.45) is 6.26. The number of rotatable bonds is 1. The van der Waals surface area contributed by atoms with E-state index in [9.17, 15) is 0 Å². The van der Waals surface area contributed by atoms with E-state index in [-0.39, 0.29) is 5.60 Å². The minimum Gasteiger partial charge on any atom is -0.378 e. The predicted molar refractivity (Wildman–Crippen MR) is 45.5 cm³/mol. The van der Waals surface area contributed by atoms with Gasteiger partial charge in [0.2, 0.25) is 0 Å². The van der Waals surface area contributed by atoms with Crippen LogP contribution in [0, 0.1) is 5.92 Å². The molecule has 2 bridgehead atoms. The second-order valence-electron chi connectivity index (χ2n) is 4.00. The fraction of sp³-hybridized carbons (Fsp3) is 0.800. The fourth-order valence-electron chi connectivity index (χ4n) is 2.56. The summed E-state index contributed by atoms with van der Waals surface area (Å²) in [5, 5.41) is 0. The zero-order valence-corrected chi connectivity index (χ0v) is 7.23. The summed E-state index contributed by atoms with van der Waals surface area (Å²) in [4.78, 5) is 0. The van der Waals surface area contributed by atoms with Crippen LogP contribution in [0.4, 0.5) is 0 Å². The quantitative estimate of drug-likeness (QED) is 0.525. The number of fused-ring (bicyclic) bond motifs is 3. The molecule has 0 N–H and O–H groups in total. The third kappa shape index (κ3) is 1.02. The Labute approximate surface area is 68.4 Å². The van der Waals surface area contributed by atoms with Crippen LogP contribution >= 0.6 is 0 Å². The summed E-state index contributed by atoms with van der Waals surface area (Å²) in [5.41, 5.74) is 1.63. The molecule has 0 aromatic rings. The van der Waals surface area contributed by atoms with Gasteiger partial charge in [-0.15, -0.1) is 0 Å². The topological polar surface area (TPSA) is 9.23 Å². The first kappa shape index (κ1) is 7.35. The lowest BCUT2D eigenvalue weighted by molar-refractivity contribution is -0.0654. The lowest BCUT2D eigenvalue weighted by Gasteiger charge is -2.46. The average molecular weight is 152 g/mol. The minimum absolute atomic E-state index is 0.200. The lowest BCUT2D eigenvalue weighted by atomic mass is 9.65. The minimum atomic E-state index is 0.200. The maximum Gasteiger partial charge on any atom is 0.0716 e. The summed E-state index contributed by atoms with van der Waals surface area (Å²) in [6.45, 7) is 4.11. The standard InChI is InChI=1S/C10H16O/c1-8-7-10(11-2)5-3-9(8)4-6-10/h9H,1,3-7H2,2H3. The van der Waals surface area contributed by atoms with Crippen molar-refractivity contribution in [3.8, 4) is 0 Å². The molecule has 3 aliphatic rings. The molecule has 0 spiro atoms. The van der Waals surface area contributed by atoms with Crippen LogP contribution in [0.25, 0.3) is 0 Å². The number of hydrogen-bond donors (Lipinski definition) is 0. The van der Waals surface area contributed by atoms with Gasteiger partial charge < -0.3 is 4.74 Å². The highest BCUT2D eigenvalue weighted by Crippen LogP contribution is 2.48. The molecule has 3 rings (SSSR count). The molecule has 0 amide bonds. The molecule has 0 aliphatic heterocycles. The average Bonchev–Trinajstić information content (AvgIpc) is 2.06. The van der Waals surface area contributed by atoms with E-state index in [4.69, 9.17) is 4.74 Å². The fourth-order valence-corrected chi connectivity index (χ4v) is 2.56. The molecule has 3 fully saturated rings. The summed E-state index contributed by atoms with van der Waals surface area (Å²) in [5.74, 6) is 0.826. The van der Waals surface area contributed by atoms with Crippen molar-refractivity contribution in [2.24, 2.45) is 5.92 Å². The molecule has 1 heteroatoms. The largest absolute Gasteiger partial charge is 0.378 e. The van der Waals surface area contributed by atoms with Crippen LogP contribution in [-0.2, 0) is 4.74 Å². The highest BCUT2D eigenvalue weighted by atomic mass is 16.5. The molecule has 0 atom stereocenters. The van der Waals surface area contributed by atoms with Crippen molar-refractivity contribution in [1.82, 2.24) is 0 Å². The van der Waals surface area contributed by atoms with Gasteiger partial charge >= 0.3 is 0 Å². The molecule has 0 saturated heterocycles. The van der Waals surface area contributed by atoms with E-state index in [1.807, 2.05) is 7.11 Å². The number of hydrogen-bond acceptors (Lipinski definition) is 1. The maximum absolute atomic E-state index is 5.58. The molecular weight excluding hydrogens is 136 g/mol. The molecule has 0 aromatic carbocycles. The zero-order chi connectivity index (χ0) is 7.90. The molecule has 3 saturated carbocycles. The van der Waals surface area contributed by atoms with Gasteiger partial charge in [-0.2, -0.15) is 0 Å². The van der Waals surface area contributed by atoms with Gasteiger partial charge in [0.25, 0.3) is 0 Å². The first-order chi connectivity index (χ1) is 5.26. The van der Waals surface area contributed by atoms with Crippen LogP contribution in [0.1, 0.15) is 32.1 Å². The van der Waals surface area contributed by atoms with Gasteiger partial charge in [0, 0.05) is 7.11 Å². The normalized spacial score (nSPS) is 43.0. The van der Waals surface area contributed by atoms with Crippen molar-refractivity contribution in [1.29, 1.82) is 0 Å². The number of methoxy groups -OCH3 is 1. The zero-order valence-electron chi connectivity index (χ0n) is 7.23. The Morgan fingerprint density at radius 3 is 2.45 bits per heavy atom. The molecule has 0 unspecified atom stereocenters. The molecule has 3 aliphatic carbocycles. The molecule has 11 heavy (non-hydrogen) atoms. The second kappa shape index (κ2) is 2.34. The van der Waals surface area contributed by atoms with Gasteiger partial charge in [0.1, 0.15) is 0 Å². The molecular formula is C10H16O. The van der Waals surface area contributed by atoms with Gasteiger partial charge in [0.05, 0.1) is 5.60 Å². The van der Waals surface area contributed by atoms with Crippen molar-refractivity contribution >= 4 is 0 Å². The van der Waals surface area contributed by atoms with Crippen LogP contribution in [0.3, 0.4) is 0 Å². The van der Waals surface area contributed by atoms with Crippen molar-refractivity contribution in [3.05, 3.63) is 12.2 Å². The Bertz CT molecular complexity index is 175. The molecule has 0 radical (unpaired) electrons. The highest BCUT2D eigenvalue weighted by Gasteiger charge is 2.42.